The van der Waals surface area contributed by atoms with Crippen molar-refractivity contribution in [1.82, 2.24) is 15.0 Å². The van der Waals surface area contributed by atoms with Crippen molar-refractivity contribution in [3.63, 3.8) is 0 Å². The van der Waals surface area contributed by atoms with E-state index in [9.17, 15) is 0 Å². The van der Waals surface area contributed by atoms with Crippen LogP contribution in [0.3, 0.4) is 0 Å². The number of aromatic nitrogens is 3. The van der Waals surface area contributed by atoms with Crippen molar-refractivity contribution < 1.29 is 9.47 Å². The molecule has 2 rings (SSSR count). The monoisotopic (exact) mass is 210 g/mol. The molecule has 0 bridgehead atoms. The summed E-state index contributed by atoms with van der Waals surface area (Å²) in [4.78, 5) is 14.6. The number of hydrogen-bond acceptors (Lipinski definition) is 6. The van der Waals surface area contributed by atoms with Gasteiger partial charge in [0.05, 0.1) is 20.3 Å². The van der Waals surface area contributed by atoms with Crippen molar-refractivity contribution in [2.24, 2.45) is 0 Å². The van der Waals surface area contributed by atoms with E-state index in [2.05, 4.69) is 19.9 Å². The van der Waals surface area contributed by atoms with Crippen LogP contribution < -0.4 is 9.64 Å². The summed E-state index contributed by atoms with van der Waals surface area (Å²) in [7, 11) is 1.55. The fraction of sp³-hybridized carbons (Fsp3) is 0.667. The van der Waals surface area contributed by atoms with E-state index in [1.54, 1.807) is 7.11 Å². The lowest BCUT2D eigenvalue weighted by Crippen LogP contribution is -2.37. The van der Waals surface area contributed by atoms with Gasteiger partial charge in [-0.05, 0) is 6.92 Å². The average molecular weight is 210 g/mol. The van der Waals surface area contributed by atoms with Crippen molar-refractivity contribution in [2.45, 2.75) is 6.92 Å². The summed E-state index contributed by atoms with van der Waals surface area (Å²) in [6.45, 7) is 4.88. The second-order valence-electron chi connectivity index (χ2n) is 3.27. The predicted molar refractivity (Wildman–Crippen MR) is 54.1 cm³/mol. The second-order valence-corrected chi connectivity index (χ2v) is 3.27. The highest BCUT2D eigenvalue weighted by Gasteiger charge is 2.15. The SMILES string of the molecule is COc1nc(C)nc(N2CCOCC2)n1. The molecule has 0 spiro atoms. The first-order valence-electron chi connectivity index (χ1n) is 4.89. The van der Waals surface area contributed by atoms with Crippen LogP contribution in [0.15, 0.2) is 0 Å². The van der Waals surface area contributed by atoms with E-state index in [0.717, 1.165) is 13.1 Å². The Labute approximate surface area is 88.3 Å². The van der Waals surface area contributed by atoms with E-state index in [0.29, 0.717) is 31.0 Å². The molecular formula is C9H14N4O2. The van der Waals surface area contributed by atoms with Gasteiger partial charge in [-0.25, -0.2) is 0 Å². The number of rotatable bonds is 2. The minimum atomic E-state index is 0.365. The lowest BCUT2D eigenvalue weighted by molar-refractivity contribution is 0.122. The maximum absolute atomic E-state index is 5.26. The van der Waals surface area contributed by atoms with Crippen LogP contribution in [0, 0.1) is 6.92 Å². The maximum atomic E-state index is 5.26. The number of hydrogen-bond donors (Lipinski definition) is 0. The zero-order valence-electron chi connectivity index (χ0n) is 8.93. The first-order valence-corrected chi connectivity index (χ1v) is 4.89. The molecule has 1 aromatic rings. The molecule has 1 saturated heterocycles. The first kappa shape index (κ1) is 10.1. The van der Waals surface area contributed by atoms with E-state index in [4.69, 9.17) is 9.47 Å². The molecule has 6 heteroatoms. The predicted octanol–water partition coefficient (Wildman–Crippen LogP) is 0.0252. The normalized spacial score (nSPS) is 16.5. The summed E-state index contributed by atoms with van der Waals surface area (Å²) in [5.41, 5.74) is 0. The fourth-order valence-electron chi connectivity index (χ4n) is 1.44. The van der Waals surface area contributed by atoms with Crippen LogP contribution in [0.2, 0.25) is 0 Å². The lowest BCUT2D eigenvalue weighted by Gasteiger charge is -2.26. The van der Waals surface area contributed by atoms with E-state index in [1.165, 1.54) is 0 Å². The second kappa shape index (κ2) is 4.39. The molecule has 0 N–H and O–H groups in total. The molecular weight excluding hydrogens is 196 g/mol. The molecule has 15 heavy (non-hydrogen) atoms. The van der Waals surface area contributed by atoms with E-state index < -0.39 is 0 Å². The Bertz CT molecular complexity index is 339. The van der Waals surface area contributed by atoms with Gasteiger partial charge in [0.1, 0.15) is 5.82 Å². The Morgan fingerprint density at radius 1 is 1.20 bits per heavy atom. The lowest BCUT2D eigenvalue weighted by atomic mass is 10.4. The largest absolute Gasteiger partial charge is 0.467 e. The fourth-order valence-corrected chi connectivity index (χ4v) is 1.44. The van der Waals surface area contributed by atoms with E-state index in [1.807, 2.05) is 6.92 Å². The van der Waals surface area contributed by atoms with Crippen LogP contribution >= 0.6 is 0 Å². The Kier molecular flexibility index (Phi) is 2.96. The Morgan fingerprint density at radius 3 is 2.60 bits per heavy atom. The molecule has 6 nitrogen and oxygen atoms in total. The Balaban J connectivity index is 2.22. The Morgan fingerprint density at radius 2 is 1.93 bits per heavy atom. The number of anilines is 1. The van der Waals surface area contributed by atoms with Crippen LogP contribution in [-0.4, -0.2) is 48.4 Å². The van der Waals surface area contributed by atoms with Crippen molar-refractivity contribution in [3.8, 4) is 6.01 Å². The quantitative estimate of drug-likeness (QED) is 0.686. The molecule has 0 saturated carbocycles. The summed E-state index contributed by atoms with van der Waals surface area (Å²) in [6, 6.07) is 0.365. The van der Waals surface area contributed by atoms with Crippen molar-refractivity contribution >= 4 is 5.95 Å². The van der Waals surface area contributed by atoms with Gasteiger partial charge in [0, 0.05) is 13.1 Å². The number of nitrogens with zero attached hydrogens (tertiary/aromatic N) is 4. The molecule has 1 aliphatic rings. The summed E-state index contributed by atoms with van der Waals surface area (Å²) >= 11 is 0. The number of ether oxygens (including phenoxy) is 2. The minimum absolute atomic E-state index is 0.365. The molecule has 2 heterocycles. The third kappa shape index (κ3) is 2.33. The van der Waals surface area contributed by atoms with Crippen molar-refractivity contribution in [2.75, 3.05) is 38.3 Å². The van der Waals surface area contributed by atoms with Crippen molar-refractivity contribution in [1.29, 1.82) is 0 Å². The zero-order chi connectivity index (χ0) is 10.7. The van der Waals surface area contributed by atoms with Gasteiger partial charge in [-0.15, -0.1) is 0 Å². The molecule has 1 aliphatic heterocycles. The molecule has 0 aliphatic carbocycles. The highest BCUT2D eigenvalue weighted by molar-refractivity contribution is 5.31. The topological polar surface area (TPSA) is 60.4 Å². The van der Waals surface area contributed by atoms with Gasteiger partial charge in [0.25, 0.3) is 0 Å². The average Bonchev–Trinajstić information content (AvgIpc) is 2.29. The third-order valence-electron chi connectivity index (χ3n) is 2.19. The van der Waals surface area contributed by atoms with Crippen LogP contribution in [0.4, 0.5) is 5.95 Å². The highest BCUT2D eigenvalue weighted by Crippen LogP contribution is 2.12. The molecule has 82 valence electrons. The van der Waals surface area contributed by atoms with E-state index in [-0.39, 0.29) is 0 Å². The molecule has 0 aromatic carbocycles. The summed E-state index contributed by atoms with van der Waals surface area (Å²) in [5, 5.41) is 0. The van der Waals surface area contributed by atoms with E-state index >= 15 is 0 Å². The van der Waals surface area contributed by atoms with Crippen LogP contribution in [0.1, 0.15) is 5.82 Å². The van der Waals surface area contributed by atoms with Crippen LogP contribution in [0.5, 0.6) is 6.01 Å². The minimum Gasteiger partial charge on any atom is -0.467 e. The molecule has 0 unspecified atom stereocenters. The molecule has 1 fully saturated rings. The Hall–Kier alpha value is -1.43. The van der Waals surface area contributed by atoms with Gasteiger partial charge in [-0.3, -0.25) is 0 Å². The van der Waals surface area contributed by atoms with Gasteiger partial charge in [-0.2, -0.15) is 15.0 Å². The van der Waals surface area contributed by atoms with Gasteiger partial charge in [0.2, 0.25) is 5.95 Å². The molecule has 0 radical (unpaired) electrons. The van der Waals surface area contributed by atoms with Gasteiger partial charge in [-0.1, -0.05) is 0 Å². The molecule has 1 aromatic heterocycles. The van der Waals surface area contributed by atoms with Crippen molar-refractivity contribution in [3.05, 3.63) is 5.82 Å². The van der Waals surface area contributed by atoms with Gasteiger partial charge in [0.15, 0.2) is 0 Å². The number of morpholine rings is 1. The van der Waals surface area contributed by atoms with Gasteiger partial charge >= 0.3 is 6.01 Å². The van der Waals surface area contributed by atoms with Gasteiger partial charge < -0.3 is 14.4 Å². The first-order chi connectivity index (χ1) is 7.29. The standard InChI is InChI=1S/C9H14N4O2/c1-7-10-8(12-9(11-7)14-2)13-3-5-15-6-4-13/h3-6H2,1-2H3. The zero-order valence-corrected chi connectivity index (χ0v) is 8.93. The number of methoxy groups -OCH3 is 1. The molecule has 0 atom stereocenters. The highest BCUT2D eigenvalue weighted by atomic mass is 16.5. The summed E-state index contributed by atoms with van der Waals surface area (Å²) in [5.74, 6) is 1.34. The third-order valence-corrected chi connectivity index (χ3v) is 2.19. The molecule has 0 amide bonds. The maximum Gasteiger partial charge on any atom is 0.321 e. The smallest absolute Gasteiger partial charge is 0.321 e. The number of aryl methyl sites for hydroxylation is 1. The summed E-state index contributed by atoms with van der Waals surface area (Å²) < 4.78 is 10.3. The summed E-state index contributed by atoms with van der Waals surface area (Å²) in [6.07, 6.45) is 0. The van der Waals surface area contributed by atoms with Crippen LogP contribution in [0.25, 0.3) is 0 Å². The van der Waals surface area contributed by atoms with Crippen LogP contribution in [-0.2, 0) is 4.74 Å².